The maximum Gasteiger partial charge on any atom is 0.134 e. The predicted molar refractivity (Wildman–Crippen MR) is 70.2 cm³/mol. The first-order valence-electron chi connectivity index (χ1n) is 6.04. The van der Waals surface area contributed by atoms with Gasteiger partial charge in [-0.05, 0) is 12.8 Å². The molecule has 1 fully saturated rings. The molecule has 1 aliphatic heterocycles. The maximum atomic E-state index is 5.79. The molecule has 1 atom stereocenters. The van der Waals surface area contributed by atoms with Gasteiger partial charge in [0.15, 0.2) is 0 Å². The van der Waals surface area contributed by atoms with Crippen molar-refractivity contribution in [3.63, 3.8) is 0 Å². The minimum atomic E-state index is 0.306. The van der Waals surface area contributed by atoms with E-state index >= 15 is 0 Å². The molecule has 0 saturated carbocycles. The number of nitrogens with two attached hydrogens (primary N) is 1. The summed E-state index contributed by atoms with van der Waals surface area (Å²) in [7, 11) is 0. The van der Waals surface area contributed by atoms with Gasteiger partial charge in [0, 0.05) is 24.3 Å². The van der Waals surface area contributed by atoms with Crippen molar-refractivity contribution >= 4 is 17.6 Å². The minimum Gasteiger partial charge on any atom is -0.384 e. The van der Waals surface area contributed by atoms with Gasteiger partial charge in [0.25, 0.3) is 0 Å². The van der Waals surface area contributed by atoms with E-state index in [2.05, 4.69) is 23.8 Å². The molecule has 1 saturated heterocycles. The third-order valence-corrected chi connectivity index (χ3v) is 3.74. The predicted octanol–water partition coefficient (Wildman–Crippen LogP) is 2.45. The molecule has 17 heavy (non-hydrogen) atoms. The first kappa shape index (κ1) is 12.6. The first-order valence-corrected chi connectivity index (χ1v) is 7.02. The fraction of sp³-hybridized carbons (Fsp3) is 0.667. The summed E-state index contributed by atoms with van der Waals surface area (Å²) in [5.41, 5.74) is 5.79. The lowest BCUT2D eigenvalue weighted by atomic mass is 10.2. The summed E-state index contributed by atoms with van der Waals surface area (Å²) in [6, 6.07) is 1.84. The van der Waals surface area contributed by atoms with Crippen LogP contribution in [0.5, 0.6) is 0 Å². The number of ether oxygens (including phenoxy) is 1. The van der Waals surface area contributed by atoms with Crippen molar-refractivity contribution in [2.75, 3.05) is 18.1 Å². The van der Waals surface area contributed by atoms with Crippen molar-refractivity contribution in [2.45, 2.75) is 43.7 Å². The number of aromatic nitrogens is 2. The fourth-order valence-electron chi connectivity index (χ4n) is 1.75. The Labute approximate surface area is 106 Å². The molecule has 1 aromatic heterocycles. The van der Waals surface area contributed by atoms with Gasteiger partial charge in [-0.1, -0.05) is 13.8 Å². The highest BCUT2D eigenvalue weighted by Gasteiger charge is 2.16. The van der Waals surface area contributed by atoms with Gasteiger partial charge in [-0.2, -0.15) is 0 Å². The van der Waals surface area contributed by atoms with Gasteiger partial charge in [-0.15, -0.1) is 11.8 Å². The molecule has 0 radical (unpaired) electrons. The zero-order valence-corrected chi connectivity index (χ0v) is 11.2. The highest BCUT2D eigenvalue weighted by atomic mass is 32.2. The lowest BCUT2D eigenvalue weighted by Crippen LogP contribution is -2.09. The second-order valence-electron chi connectivity index (χ2n) is 4.59. The molecule has 2 N–H and O–H groups in total. The fourth-order valence-corrected chi connectivity index (χ4v) is 2.73. The first-order chi connectivity index (χ1) is 8.15. The van der Waals surface area contributed by atoms with Crippen molar-refractivity contribution in [1.82, 2.24) is 9.97 Å². The molecule has 0 aliphatic carbocycles. The van der Waals surface area contributed by atoms with Crippen LogP contribution in [0.2, 0.25) is 0 Å². The SMILES string of the molecule is CC(C)c1nc(N)cc(SCC2CCCO2)n1. The number of anilines is 1. The number of hydrogen-bond donors (Lipinski definition) is 1. The molecule has 2 rings (SSSR count). The Morgan fingerprint density at radius 2 is 2.35 bits per heavy atom. The molecule has 1 aromatic rings. The summed E-state index contributed by atoms with van der Waals surface area (Å²) in [6.07, 6.45) is 2.71. The minimum absolute atomic E-state index is 0.306. The summed E-state index contributed by atoms with van der Waals surface area (Å²) in [5.74, 6) is 2.63. The van der Waals surface area contributed by atoms with E-state index in [0.29, 0.717) is 17.8 Å². The molecule has 1 unspecified atom stereocenters. The molecular weight excluding hydrogens is 234 g/mol. The van der Waals surface area contributed by atoms with Crippen molar-refractivity contribution in [1.29, 1.82) is 0 Å². The normalized spacial score (nSPS) is 20.1. The van der Waals surface area contributed by atoms with Gasteiger partial charge in [0.1, 0.15) is 16.7 Å². The Morgan fingerprint density at radius 3 is 3.00 bits per heavy atom. The Balaban J connectivity index is 1.99. The van der Waals surface area contributed by atoms with Gasteiger partial charge in [-0.25, -0.2) is 9.97 Å². The topological polar surface area (TPSA) is 61.0 Å². The number of nitrogen functional groups attached to an aromatic ring is 1. The molecule has 1 aliphatic rings. The highest BCUT2D eigenvalue weighted by Crippen LogP contribution is 2.24. The van der Waals surface area contributed by atoms with Crippen LogP contribution in [0.15, 0.2) is 11.1 Å². The summed E-state index contributed by atoms with van der Waals surface area (Å²) in [4.78, 5) is 8.75. The molecule has 0 bridgehead atoms. The smallest absolute Gasteiger partial charge is 0.134 e. The largest absolute Gasteiger partial charge is 0.384 e. The van der Waals surface area contributed by atoms with Crippen LogP contribution in [0.25, 0.3) is 0 Å². The van der Waals surface area contributed by atoms with Crippen LogP contribution in [0.4, 0.5) is 5.82 Å². The Hall–Kier alpha value is -0.810. The average Bonchev–Trinajstić information content (AvgIpc) is 2.78. The number of thioether (sulfide) groups is 1. The average molecular weight is 253 g/mol. The third kappa shape index (κ3) is 3.57. The highest BCUT2D eigenvalue weighted by molar-refractivity contribution is 7.99. The van der Waals surface area contributed by atoms with Crippen LogP contribution < -0.4 is 5.73 Å². The molecule has 2 heterocycles. The second kappa shape index (κ2) is 5.69. The molecular formula is C12H19N3OS. The van der Waals surface area contributed by atoms with Crippen LogP contribution >= 0.6 is 11.8 Å². The quantitative estimate of drug-likeness (QED) is 0.659. The molecule has 94 valence electrons. The summed E-state index contributed by atoms with van der Waals surface area (Å²) in [6.45, 7) is 5.04. The Bertz CT molecular complexity index is 378. The van der Waals surface area contributed by atoms with E-state index in [1.807, 2.05) is 6.07 Å². The van der Waals surface area contributed by atoms with E-state index < -0.39 is 0 Å². The molecule has 4 nitrogen and oxygen atoms in total. The van der Waals surface area contributed by atoms with Gasteiger partial charge >= 0.3 is 0 Å². The molecule has 5 heteroatoms. The Morgan fingerprint density at radius 1 is 1.53 bits per heavy atom. The van der Waals surface area contributed by atoms with Crippen LogP contribution in [0, 0.1) is 0 Å². The monoisotopic (exact) mass is 253 g/mol. The van der Waals surface area contributed by atoms with Crippen LogP contribution in [-0.4, -0.2) is 28.4 Å². The zero-order chi connectivity index (χ0) is 12.3. The van der Waals surface area contributed by atoms with Crippen molar-refractivity contribution in [3.05, 3.63) is 11.9 Å². The van der Waals surface area contributed by atoms with E-state index in [1.54, 1.807) is 11.8 Å². The van der Waals surface area contributed by atoms with Crippen molar-refractivity contribution in [2.24, 2.45) is 0 Å². The van der Waals surface area contributed by atoms with E-state index in [1.165, 1.54) is 6.42 Å². The van der Waals surface area contributed by atoms with E-state index in [-0.39, 0.29) is 0 Å². The summed E-state index contributed by atoms with van der Waals surface area (Å²) >= 11 is 1.71. The second-order valence-corrected chi connectivity index (χ2v) is 5.63. The van der Waals surface area contributed by atoms with Gasteiger partial charge in [-0.3, -0.25) is 0 Å². The van der Waals surface area contributed by atoms with E-state index in [9.17, 15) is 0 Å². The summed E-state index contributed by atoms with van der Waals surface area (Å²) < 4.78 is 5.59. The van der Waals surface area contributed by atoms with E-state index in [4.69, 9.17) is 10.5 Å². The van der Waals surface area contributed by atoms with Gasteiger partial charge in [0.2, 0.25) is 0 Å². The third-order valence-electron chi connectivity index (χ3n) is 2.70. The molecule has 0 aromatic carbocycles. The van der Waals surface area contributed by atoms with E-state index in [0.717, 1.165) is 29.6 Å². The van der Waals surface area contributed by atoms with Crippen LogP contribution in [0.3, 0.4) is 0 Å². The number of nitrogens with zero attached hydrogens (tertiary/aromatic N) is 2. The lowest BCUT2D eigenvalue weighted by Gasteiger charge is -2.10. The van der Waals surface area contributed by atoms with Crippen molar-refractivity contribution < 1.29 is 4.74 Å². The number of hydrogen-bond acceptors (Lipinski definition) is 5. The Kier molecular flexibility index (Phi) is 4.23. The molecule has 0 spiro atoms. The van der Waals surface area contributed by atoms with Crippen LogP contribution in [-0.2, 0) is 4.74 Å². The van der Waals surface area contributed by atoms with Gasteiger partial charge < -0.3 is 10.5 Å². The van der Waals surface area contributed by atoms with Crippen LogP contribution in [0.1, 0.15) is 38.4 Å². The number of rotatable bonds is 4. The zero-order valence-electron chi connectivity index (χ0n) is 10.3. The van der Waals surface area contributed by atoms with Gasteiger partial charge in [0.05, 0.1) is 6.10 Å². The summed E-state index contributed by atoms with van der Waals surface area (Å²) in [5, 5.41) is 0.955. The lowest BCUT2D eigenvalue weighted by molar-refractivity contribution is 0.129. The van der Waals surface area contributed by atoms with Crippen molar-refractivity contribution in [3.8, 4) is 0 Å². The maximum absolute atomic E-state index is 5.79. The molecule has 0 amide bonds. The standard InChI is InChI=1S/C12H19N3OS/c1-8(2)12-14-10(13)6-11(15-12)17-7-9-4-3-5-16-9/h6,8-9H,3-5,7H2,1-2H3,(H2,13,14,15).